The number of piperidine rings is 1. The Morgan fingerprint density at radius 2 is 2.39 bits per heavy atom. The van der Waals surface area contributed by atoms with E-state index in [2.05, 4.69) is 20.4 Å². The first-order valence-corrected chi connectivity index (χ1v) is 8.84. The van der Waals surface area contributed by atoms with Gasteiger partial charge >= 0.3 is 0 Å². The average Bonchev–Trinajstić information content (AvgIpc) is 3.19. The van der Waals surface area contributed by atoms with E-state index in [0.29, 0.717) is 18.9 Å². The summed E-state index contributed by atoms with van der Waals surface area (Å²) in [5, 5.41) is 10.0. The maximum Gasteiger partial charge on any atom is 0.224 e. The van der Waals surface area contributed by atoms with Gasteiger partial charge in [-0.1, -0.05) is 5.16 Å². The Morgan fingerprint density at radius 1 is 1.52 bits per heavy atom. The van der Waals surface area contributed by atoms with Crippen LogP contribution in [0.5, 0.6) is 0 Å². The van der Waals surface area contributed by atoms with Gasteiger partial charge in [-0.05, 0) is 32.6 Å². The van der Waals surface area contributed by atoms with Crippen molar-refractivity contribution in [3.05, 3.63) is 28.6 Å². The van der Waals surface area contributed by atoms with Crippen molar-refractivity contribution in [1.29, 1.82) is 0 Å². The largest absolute Gasteiger partial charge is 0.361 e. The maximum atomic E-state index is 12.2. The molecule has 2 aromatic rings. The second-order valence-electron chi connectivity index (χ2n) is 6.05. The summed E-state index contributed by atoms with van der Waals surface area (Å²) < 4.78 is 5.10. The molecule has 2 aromatic heterocycles. The van der Waals surface area contributed by atoms with Crippen LogP contribution in [0.2, 0.25) is 0 Å². The molecule has 1 atom stereocenters. The molecule has 0 radical (unpaired) electrons. The predicted octanol–water partition coefficient (Wildman–Crippen LogP) is 2.32. The molecule has 3 rings (SSSR count). The Kier molecular flexibility index (Phi) is 4.95. The van der Waals surface area contributed by atoms with Crippen molar-refractivity contribution in [3.8, 4) is 0 Å². The third-order valence-corrected chi connectivity index (χ3v) is 5.15. The van der Waals surface area contributed by atoms with E-state index in [1.54, 1.807) is 11.3 Å². The van der Waals surface area contributed by atoms with E-state index in [9.17, 15) is 4.79 Å². The normalized spacial score (nSPS) is 18.2. The van der Waals surface area contributed by atoms with Gasteiger partial charge in [0.1, 0.15) is 5.76 Å². The summed E-state index contributed by atoms with van der Waals surface area (Å²) in [4.78, 5) is 18.9. The number of nitrogens with one attached hydrogen (secondary N) is 1. The van der Waals surface area contributed by atoms with Crippen LogP contribution in [0.3, 0.4) is 0 Å². The highest BCUT2D eigenvalue weighted by molar-refractivity contribution is 7.13. The topological polar surface area (TPSA) is 71.3 Å². The second-order valence-corrected chi connectivity index (χ2v) is 6.93. The van der Waals surface area contributed by atoms with Gasteiger partial charge in [0.2, 0.25) is 5.91 Å². The standard InChI is InChI=1S/C16H22N4O2S/c1-11-14(12(2)22-19-11)8-15(21)18-9-13-4-3-6-20(10-13)16-17-5-7-23-16/h5,7,13H,3-4,6,8-10H2,1-2H3,(H,18,21). The van der Waals surface area contributed by atoms with Gasteiger partial charge in [-0.15, -0.1) is 11.3 Å². The van der Waals surface area contributed by atoms with Crippen molar-refractivity contribution in [2.75, 3.05) is 24.5 Å². The van der Waals surface area contributed by atoms with Crippen LogP contribution in [0.25, 0.3) is 0 Å². The molecular formula is C16H22N4O2S. The molecule has 1 aliphatic rings. The van der Waals surface area contributed by atoms with E-state index in [1.165, 1.54) is 0 Å². The van der Waals surface area contributed by atoms with Crippen LogP contribution >= 0.6 is 11.3 Å². The minimum absolute atomic E-state index is 0.0331. The Morgan fingerprint density at radius 3 is 3.09 bits per heavy atom. The molecule has 1 fully saturated rings. The highest BCUT2D eigenvalue weighted by Gasteiger charge is 2.22. The number of hydrogen-bond acceptors (Lipinski definition) is 6. The minimum atomic E-state index is 0.0331. The van der Waals surface area contributed by atoms with E-state index in [4.69, 9.17) is 4.52 Å². The van der Waals surface area contributed by atoms with Gasteiger partial charge in [0.05, 0.1) is 12.1 Å². The van der Waals surface area contributed by atoms with Crippen LogP contribution in [0.15, 0.2) is 16.1 Å². The Bertz CT molecular complexity index is 634. The minimum Gasteiger partial charge on any atom is -0.361 e. The summed E-state index contributed by atoms with van der Waals surface area (Å²) in [5.74, 6) is 1.23. The summed E-state index contributed by atoms with van der Waals surface area (Å²) in [7, 11) is 0. The van der Waals surface area contributed by atoms with Gasteiger partial charge in [-0.3, -0.25) is 4.79 Å². The Hall–Kier alpha value is -1.89. The number of carbonyl (C=O) groups is 1. The van der Waals surface area contributed by atoms with Gasteiger partial charge in [-0.25, -0.2) is 4.98 Å². The third kappa shape index (κ3) is 3.90. The van der Waals surface area contributed by atoms with Crippen LogP contribution < -0.4 is 10.2 Å². The van der Waals surface area contributed by atoms with Gasteiger partial charge in [0, 0.05) is 36.8 Å². The fourth-order valence-electron chi connectivity index (χ4n) is 3.01. The molecule has 1 amide bonds. The number of hydrogen-bond donors (Lipinski definition) is 1. The van der Waals surface area contributed by atoms with E-state index in [1.807, 2.05) is 25.4 Å². The average molecular weight is 334 g/mol. The lowest BCUT2D eigenvalue weighted by atomic mass is 9.98. The molecule has 0 bridgehead atoms. The molecular weight excluding hydrogens is 312 g/mol. The van der Waals surface area contributed by atoms with Crippen molar-refractivity contribution in [2.24, 2.45) is 5.92 Å². The van der Waals surface area contributed by atoms with E-state index < -0.39 is 0 Å². The van der Waals surface area contributed by atoms with Crippen molar-refractivity contribution in [2.45, 2.75) is 33.1 Å². The summed E-state index contributed by atoms with van der Waals surface area (Å²) in [6.07, 6.45) is 4.47. The molecule has 0 spiro atoms. The number of anilines is 1. The lowest BCUT2D eigenvalue weighted by Gasteiger charge is -2.32. The number of carbonyl (C=O) groups excluding carboxylic acids is 1. The molecule has 1 aliphatic heterocycles. The van der Waals surface area contributed by atoms with Crippen LogP contribution in [0.4, 0.5) is 5.13 Å². The number of amides is 1. The first-order valence-electron chi connectivity index (χ1n) is 7.96. The highest BCUT2D eigenvalue weighted by Crippen LogP contribution is 2.24. The lowest BCUT2D eigenvalue weighted by molar-refractivity contribution is -0.120. The fourth-order valence-corrected chi connectivity index (χ4v) is 3.69. The van der Waals surface area contributed by atoms with E-state index >= 15 is 0 Å². The second kappa shape index (κ2) is 7.12. The number of rotatable bonds is 5. The van der Waals surface area contributed by atoms with Crippen LogP contribution in [0.1, 0.15) is 29.9 Å². The lowest BCUT2D eigenvalue weighted by Crippen LogP contribution is -2.41. The molecule has 3 heterocycles. The SMILES string of the molecule is Cc1noc(C)c1CC(=O)NCC1CCCN(c2nccs2)C1. The molecule has 124 valence electrons. The third-order valence-electron chi connectivity index (χ3n) is 4.32. The van der Waals surface area contributed by atoms with E-state index in [0.717, 1.165) is 48.1 Å². The number of thiazole rings is 1. The Balaban J connectivity index is 1.49. The monoisotopic (exact) mass is 334 g/mol. The van der Waals surface area contributed by atoms with Gasteiger partial charge in [0.15, 0.2) is 5.13 Å². The zero-order valence-electron chi connectivity index (χ0n) is 13.5. The van der Waals surface area contributed by atoms with Crippen LogP contribution in [0, 0.1) is 19.8 Å². The zero-order valence-corrected chi connectivity index (χ0v) is 14.4. The summed E-state index contributed by atoms with van der Waals surface area (Å²) in [6.45, 7) is 6.43. The number of aryl methyl sites for hydroxylation is 2. The molecule has 6 nitrogen and oxygen atoms in total. The van der Waals surface area contributed by atoms with Crippen molar-refractivity contribution in [3.63, 3.8) is 0 Å². The number of aromatic nitrogens is 2. The van der Waals surface area contributed by atoms with Crippen molar-refractivity contribution in [1.82, 2.24) is 15.5 Å². The summed E-state index contributed by atoms with van der Waals surface area (Å²) in [6, 6.07) is 0. The zero-order chi connectivity index (χ0) is 16.2. The summed E-state index contributed by atoms with van der Waals surface area (Å²) >= 11 is 1.67. The molecule has 23 heavy (non-hydrogen) atoms. The fraction of sp³-hybridized carbons (Fsp3) is 0.562. The van der Waals surface area contributed by atoms with Crippen LogP contribution in [-0.2, 0) is 11.2 Å². The van der Waals surface area contributed by atoms with Gasteiger partial charge < -0.3 is 14.7 Å². The molecule has 1 N–H and O–H groups in total. The Labute approximate surface area is 139 Å². The smallest absolute Gasteiger partial charge is 0.224 e. The van der Waals surface area contributed by atoms with Crippen LogP contribution in [-0.4, -0.2) is 35.7 Å². The molecule has 1 unspecified atom stereocenters. The molecule has 0 saturated carbocycles. The first-order chi connectivity index (χ1) is 11.1. The van der Waals surface area contributed by atoms with Crippen molar-refractivity contribution >= 4 is 22.4 Å². The molecule has 1 saturated heterocycles. The molecule has 0 aliphatic carbocycles. The highest BCUT2D eigenvalue weighted by atomic mass is 32.1. The summed E-state index contributed by atoms with van der Waals surface area (Å²) in [5.41, 5.74) is 1.70. The van der Waals surface area contributed by atoms with Crippen molar-refractivity contribution < 1.29 is 9.32 Å². The van der Waals surface area contributed by atoms with Gasteiger partial charge in [0.25, 0.3) is 0 Å². The van der Waals surface area contributed by atoms with E-state index in [-0.39, 0.29) is 5.91 Å². The molecule has 0 aromatic carbocycles. The maximum absolute atomic E-state index is 12.2. The first kappa shape index (κ1) is 16.0. The molecule has 7 heteroatoms. The number of nitrogens with zero attached hydrogens (tertiary/aromatic N) is 3. The van der Waals surface area contributed by atoms with Gasteiger partial charge in [-0.2, -0.15) is 0 Å². The quantitative estimate of drug-likeness (QED) is 0.908. The predicted molar refractivity (Wildman–Crippen MR) is 89.7 cm³/mol.